The number of allylic oxidation sites excluding steroid dienone is 1. The Morgan fingerprint density at radius 3 is 2.03 bits per heavy atom. The van der Waals surface area contributed by atoms with E-state index in [1.807, 2.05) is 60.7 Å². The van der Waals surface area contributed by atoms with Crippen LogP contribution >= 0.6 is 11.8 Å². The van der Waals surface area contributed by atoms with Gasteiger partial charge in [0, 0.05) is 44.5 Å². The van der Waals surface area contributed by atoms with Crippen LogP contribution in [0.25, 0.3) is 11.1 Å². The number of para-hydroxylation sites is 1. The minimum atomic E-state index is -1.32. The van der Waals surface area contributed by atoms with E-state index in [0.29, 0.717) is 29.2 Å². The summed E-state index contributed by atoms with van der Waals surface area (Å²) in [6.45, 7) is 6.82. The third-order valence-corrected chi connectivity index (χ3v) is 11.4. The fourth-order valence-electron chi connectivity index (χ4n) is 7.48. The molecule has 63 heavy (non-hydrogen) atoms. The van der Waals surface area contributed by atoms with E-state index in [4.69, 9.17) is 28.4 Å². The number of hydrogen-bond acceptors (Lipinski definition) is 13. The third-order valence-electron chi connectivity index (χ3n) is 10.3. The van der Waals surface area contributed by atoms with Crippen LogP contribution in [0, 0.1) is 5.82 Å². The van der Waals surface area contributed by atoms with Gasteiger partial charge in [0.1, 0.15) is 30.4 Å². The Hall–Kier alpha value is -6.32. The molecule has 1 amide bonds. The van der Waals surface area contributed by atoms with Crippen LogP contribution in [0.3, 0.4) is 0 Å². The van der Waals surface area contributed by atoms with Crippen LogP contribution < -0.4 is 9.64 Å². The summed E-state index contributed by atoms with van der Waals surface area (Å²) in [6.07, 6.45) is -1.27. The van der Waals surface area contributed by atoms with Gasteiger partial charge in [0.2, 0.25) is 0 Å². The SMILES string of the molecule is CCCCOc1cc(-c2ccc(C3O[C@H](COC(C)=O)[C@@H](OC(C)=O)[C@H](OC(C)=O)[C@H]3OC(C)=O)cc2)ccc1[C@@H]1[C@@H](/C=C/C(=O)c2ccc(F)cc2)SC(=O)N1c1ccccc1. The Labute approximate surface area is 368 Å². The van der Waals surface area contributed by atoms with Crippen molar-refractivity contribution in [3.8, 4) is 16.9 Å². The van der Waals surface area contributed by atoms with Gasteiger partial charge in [-0.2, -0.15) is 0 Å². The van der Waals surface area contributed by atoms with E-state index in [9.17, 15) is 33.2 Å². The first-order valence-corrected chi connectivity index (χ1v) is 21.3. The molecule has 0 spiro atoms. The number of thioether (sulfide) groups is 1. The summed E-state index contributed by atoms with van der Waals surface area (Å²) >= 11 is 1.09. The zero-order valence-corrected chi connectivity index (χ0v) is 36.2. The van der Waals surface area contributed by atoms with Crippen LogP contribution in [0.4, 0.5) is 14.9 Å². The first kappa shape index (κ1) is 46.2. The van der Waals surface area contributed by atoms with Gasteiger partial charge in [0.25, 0.3) is 5.24 Å². The molecule has 6 rings (SSSR count). The predicted molar refractivity (Wildman–Crippen MR) is 231 cm³/mol. The second-order valence-electron chi connectivity index (χ2n) is 14.9. The molecular weight excluding hydrogens is 834 g/mol. The molecular formula is C48H48FNO12S. The number of hydrogen-bond donors (Lipinski definition) is 0. The summed E-state index contributed by atoms with van der Waals surface area (Å²) in [5.74, 6) is -3.03. The van der Waals surface area contributed by atoms with Gasteiger partial charge in [0.05, 0.1) is 17.9 Å². The lowest BCUT2D eigenvalue weighted by Crippen LogP contribution is -2.59. The molecule has 2 saturated heterocycles. The Bertz CT molecular complexity index is 2320. The molecule has 7 atom stereocenters. The standard InChI is InChI=1S/C48H48FNO12S/c1-6-7-25-57-40-26-35(19-22-38(40)43-42(24-23-39(55)33-17-20-36(49)21-18-33)63-48(56)50(43)37-11-9-8-10-12-37)32-13-15-34(16-14-32)44-46(60-30(4)53)47(61-31(5)54)45(59-29(3)52)41(62-44)27-58-28(2)51/h8-24,26,41-47H,6-7,25,27H2,1-5H3/b24-23+/t41-,42-,43-,44?,45-,46+,47+/m1/s1. The molecule has 330 valence electrons. The van der Waals surface area contributed by atoms with Crippen molar-refractivity contribution < 1.29 is 61.6 Å². The average molecular weight is 882 g/mol. The number of ether oxygens (including phenoxy) is 6. The molecule has 0 radical (unpaired) electrons. The smallest absolute Gasteiger partial charge is 0.303 e. The first-order valence-electron chi connectivity index (χ1n) is 20.4. The maximum absolute atomic E-state index is 13.8. The first-order chi connectivity index (χ1) is 30.2. The molecule has 1 unspecified atom stereocenters. The molecule has 2 heterocycles. The lowest BCUT2D eigenvalue weighted by molar-refractivity contribution is -0.254. The largest absolute Gasteiger partial charge is 0.493 e. The lowest BCUT2D eigenvalue weighted by atomic mass is 9.89. The van der Waals surface area contributed by atoms with E-state index >= 15 is 0 Å². The van der Waals surface area contributed by atoms with E-state index in [1.54, 1.807) is 23.1 Å². The number of halogens is 1. The summed E-state index contributed by atoms with van der Waals surface area (Å²) in [7, 11) is 0. The number of amides is 1. The van der Waals surface area contributed by atoms with Crippen molar-refractivity contribution in [2.75, 3.05) is 18.1 Å². The number of carbonyl (C=O) groups excluding carboxylic acids is 6. The van der Waals surface area contributed by atoms with Gasteiger partial charge in [-0.3, -0.25) is 33.7 Å². The van der Waals surface area contributed by atoms with E-state index in [-0.39, 0.29) is 17.6 Å². The number of carbonyl (C=O) groups is 6. The van der Waals surface area contributed by atoms with Gasteiger partial charge in [-0.05, 0) is 71.7 Å². The van der Waals surface area contributed by atoms with Gasteiger partial charge >= 0.3 is 23.9 Å². The Morgan fingerprint density at radius 2 is 1.40 bits per heavy atom. The second kappa shape index (κ2) is 21.2. The van der Waals surface area contributed by atoms with Gasteiger partial charge in [0.15, 0.2) is 24.1 Å². The van der Waals surface area contributed by atoms with E-state index < -0.39 is 71.5 Å². The van der Waals surface area contributed by atoms with Gasteiger partial charge in [-0.1, -0.05) is 85.8 Å². The van der Waals surface area contributed by atoms with Crippen LogP contribution in [-0.4, -0.2) is 77.8 Å². The van der Waals surface area contributed by atoms with Crippen LogP contribution in [0.15, 0.2) is 109 Å². The fraction of sp³-hybridized carbons (Fsp3) is 0.333. The zero-order valence-electron chi connectivity index (χ0n) is 35.4. The van der Waals surface area contributed by atoms with Gasteiger partial charge < -0.3 is 28.4 Å². The highest BCUT2D eigenvalue weighted by Gasteiger charge is 2.52. The normalized spacial score (nSPS) is 22.0. The van der Waals surface area contributed by atoms with Crippen molar-refractivity contribution in [3.05, 3.63) is 132 Å². The van der Waals surface area contributed by atoms with E-state index in [0.717, 1.165) is 55.1 Å². The van der Waals surface area contributed by atoms with Crippen molar-refractivity contribution in [2.45, 2.75) is 89.3 Å². The topological polar surface area (TPSA) is 161 Å². The van der Waals surface area contributed by atoms with Crippen molar-refractivity contribution in [3.63, 3.8) is 0 Å². The summed E-state index contributed by atoms with van der Waals surface area (Å²) in [5.41, 5.74) is 3.73. The molecule has 0 aliphatic carbocycles. The average Bonchev–Trinajstić information content (AvgIpc) is 3.58. The number of anilines is 1. The lowest BCUT2D eigenvalue weighted by Gasteiger charge is -2.44. The van der Waals surface area contributed by atoms with Crippen molar-refractivity contribution >= 4 is 52.3 Å². The van der Waals surface area contributed by atoms with Gasteiger partial charge in [-0.25, -0.2) is 4.39 Å². The van der Waals surface area contributed by atoms with E-state index in [2.05, 4.69) is 6.92 Å². The number of benzene rings is 4. The monoisotopic (exact) mass is 881 g/mol. The second-order valence-corrected chi connectivity index (χ2v) is 16.1. The third kappa shape index (κ3) is 11.6. The number of unbranched alkanes of at least 4 members (excludes halogenated alkanes) is 1. The molecule has 4 aromatic carbocycles. The minimum absolute atomic E-state index is 0.212. The molecule has 15 heteroatoms. The Balaban J connectivity index is 1.37. The van der Waals surface area contributed by atoms with Crippen LogP contribution in [0.2, 0.25) is 0 Å². The van der Waals surface area contributed by atoms with Crippen molar-refractivity contribution in [2.24, 2.45) is 0 Å². The number of nitrogens with zero attached hydrogens (tertiary/aromatic N) is 1. The molecule has 0 N–H and O–H groups in total. The number of rotatable bonds is 16. The molecule has 2 aliphatic heterocycles. The van der Waals surface area contributed by atoms with Crippen LogP contribution in [0.5, 0.6) is 5.75 Å². The van der Waals surface area contributed by atoms with Crippen molar-refractivity contribution in [1.29, 1.82) is 0 Å². The highest BCUT2D eigenvalue weighted by Crippen LogP contribution is 2.48. The summed E-state index contributed by atoms with van der Waals surface area (Å²) < 4.78 is 48.5. The highest BCUT2D eigenvalue weighted by molar-refractivity contribution is 8.15. The predicted octanol–water partition coefficient (Wildman–Crippen LogP) is 8.69. The fourth-order valence-corrected chi connectivity index (χ4v) is 8.60. The quantitative estimate of drug-likeness (QED) is 0.0346. The molecule has 0 saturated carbocycles. The molecule has 0 bridgehead atoms. The molecule has 2 fully saturated rings. The number of ketones is 1. The summed E-state index contributed by atoms with van der Waals surface area (Å²) in [5, 5.41) is -0.723. The van der Waals surface area contributed by atoms with Crippen LogP contribution in [0.1, 0.15) is 81.1 Å². The summed E-state index contributed by atoms with van der Waals surface area (Å²) in [6, 6.07) is 26.8. The summed E-state index contributed by atoms with van der Waals surface area (Å²) in [4.78, 5) is 77.6. The molecule has 4 aromatic rings. The molecule has 13 nitrogen and oxygen atoms in total. The minimum Gasteiger partial charge on any atom is -0.493 e. The van der Waals surface area contributed by atoms with E-state index in [1.165, 1.54) is 44.2 Å². The number of esters is 4. The zero-order chi connectivity index (χ0) is 45.2. The Morgan fingerprint density at radius 1 is 0.762 bits per heavy atom. The maximum Gasteiger partial charge on any atom is 0.303 e. The maximum atomic E-state index is 13.8. The van der Waals surface area contributed by atoms with Crippen LogP contribution in [-0.2, 0) is 42.9 Å². The van der Waals surface area contributed by atoms with Gasteiger partial charge in [-0.15, -0.1) is 0 Å². The molecule has 0 aromatic heterocycles. The molecule has 2 aliphatic rings. The highest BCUT2D eigenvalue weighted by atomic mass is 32.2. The van der Waals surface area contributed by atoms with Crippen molar-refractivity contribution in [1.82, 2.24) is 0 Å². The Kier molecular flexibility index (Phi) is 15.5.